The Hall–Kier alpha value is -1.61. The highest BCUT2D eigenvalue weighted by atomic mass is 15.2. The van der Waals surface area contributed by atoms with E-state index in [0.717, 1.165) is 6.42 Å². The van der Waals surface area contributed by atoms with Crippen LogP contribution in [-0.2, 0) is 13.5 Å². The number of aryl methyl sites for hydroxylation is 1. The quantitative estimate of drug-likeness (QED) is 0.872. The third kappa shape index (κ3) is 2.94. The van der Waals surface area contributed by atoms with Crippen LogP contribution < -0.4 is 5.73 Å². The third-order valence-electron chi connectivity index (χ3n) is 3.20. The van der Waals surface area contributed by atoms with Gasteiger partial charge in [0.05, 0.1) is 6.20 Å². The molecule has 0 fully saturated rings. The summed E-state index contributed by atoms with van der Waals surface area (Å²) in [7, 11) is 1.93. The molecular formula is C14H19N3. The minimum Gasteiger partial charge on any atom is -0.327 e. The molecule has 0 saturated carbocycles. The second-order valence-electron chi connectivity index (χ2n) is 4.59. The molecule has 2 aromatic rings. The highest BCUT2D eigenvalue weighted by Gasteiger charge is 2.15. The molecule has 3 nitrogen and oxygen atoms in total. The van der Waals surface area contributed by atoms with E-state index < -0.39 is 0 Å². The smallest absolute Gasteiger partial charge is 0.0522 e. The Bertz CT molecular complexity index is 461. The van der Waals surface area contributed by atoms with E-state index in [4.69, 9.17) is 5.73 Å². The van der Waals surface area contributed by atoms with E-state index in [9.17, 15) is 0 Å². The molecule has 1 aromatic carbocycles. The van der Waals surface area contributed by atoms with Crippen LogP contribution in [0.2, 0.25) is 0 Å². The predicted octanol–water partition coefficient (Wildman–Crippen LogP) is 2.09. The van der Waals surface area contributed by atoms with Gasteiger partial charge in [-0.3, -0.25) is 4.68 Å². The van der Waals surface area contributed by atoms with Crippen molar-refractivity contribution < 1.29 is 0 Å². The molecule has 2 rings (SSSR count). The van der Waals surface area contributed by atoms with Gasteiger partial charge in [-0.25, -0.2) is 0 Å². The van der Waals surface area contributed by atoms with Crippen molar-refractivity contribution in [2.45, 2.75) is 25.3 Å². The average Bonchev–Trinajstić information content (AvgIpc) is 2.75. The monoisotopic (exact) mass is 229 g/mol. The van der Waals surface area contributed by atoms with E-state index in [-0.39, 0.29) is 6.04 Å². The van der Waals surface area contributed by atoms with Gasteiger partial charge in [0.2, 0.25) is 0 Å². The maximum absolute atomic E-state index is 6.25. The molecule has 17 heavy (non-hydrogen) atoms. The molecule has 0 spiro atoms. The Balaban J connectivity index is 2.03. The number of benzene rings is 1. The van der Waals surface area contributed by atoms with Crippen molar-refractivity contribution in [3.63, 3.8) is 0 Å². The van der Waals surface area contributed by atoms with Crippen LogP contribution in [0.1, 0.15) is 24.0 Å². The number of hydrogen-bond acceptors (Lipinski definition) is 2. The van der Waals surface area contributed by atoms with Gasteiger partial charge < -0.3 is 5.73 Å². The van der Waals surface area contributed by atoms with Gasteiger partial charge in [-0.2, -0.15) is 5.10 Å². The Morgan fingerprint density at radius 1 is 1.29 bits per heavy atom. The second-order valence-corrected chi connectivity index (χ2v) is 4.59. The predicted molar refractivity (Wildman–Crippen MR) is 69.7 cm³/mol. The first kappa shape index (κ1) is 11.9. The fourth-order valence-electron chi connectivity index (χ4n) is 2.03. The van der Waals surface area contributed by atoms with Crippen molar-refractivity contribution in [3.8, 4) is 0 Å². The SMILES string of the molecule is CC(c1ccccc1)C(N)Cc1cnn(C)c1. The zero-order chi connectivity index (χ0) is 12.3. The van der Waals surface area contributed by atoms with Crippen molar-refractivity contribution in [1.29, 1.82) is 0 Å². The molecule has 2 N–H and O–H groups in total. The average molecular weight is 229 g/mol. The van der Waals surface area contributed by atoms with Crippen LogP contribution in [0.25, 0.3) is 0 Å². The fourth-order valence-corrected chi connectivity index (χ4v) is 2.03. The van der Waals surface area contributed by atoms with Gasteiger partial charge in [-0.15, -0.1) is 0 Å². The Labute approximate surface area is 102 Å². The van der Waals surface area contributed by atoms with Crippen molar-refractivity contribution in [3.05, 3.63) is 53.9 Å². The minimum absolute atomic E-state index is 0.126. The van der Waals surface area contributed by atoms with Crippen molar-refractivity contribution in [2.75, 3.05) is 0 Å². The number of hydrogen-bond donors (Lipinski definition) is 1. The van der Waals surface area contributed by atoms with E-state index in [2.05, 4.69) is 36.3 Å². The molecule has 0 radical (unpaired) electrons. The molecule has 1 aromatic heterocycles. The van der Waals surface area contributed by atoms with Gasteiger partial charge in [0, 0.05) is 19.3 Å². The van der Waals surface area contributed by atoms with Crippen LogP contribution in [0.3, 0.4) is 0 Å². The molecule has 90 valence electrons. The molecular weight excluding hydrogens is 210 g/mol. The summed E-state index contributed by atoms with van der Waals surface area (Å²) in [6.07, 6.45) is 4.78. The van der Waals surface area contributed by atoms with Gasteiger partial charge in [0.1, 0.15) is 0 Å². The zero-order valence-corrected chi connectivity index (χ0v) is 10.4. The van der Waals surface area contributed by atoms with Crippen LogP contribution in [0.15, 0.2) is 42.7 Å². The van der Waals surface area contributed by atoms with Gasteiger partial charge >= 0.3 is 0 Å². The molecule has 1 heterocycles. The van der Waals surface area contributed by atoms with Crippen molar-refractivity contribution in [1.82, 2.24) is 9.78 Å². The summed E-state index contributed by atoms with van der Waals surface area (Å²) in [5, 5.41) is 4.16. The summed E-state index contributed by atoms with van der Waals surface area (Å²) >= 11 is 0. The third-order valence-corrected chi connectivity index (χ3v) is 3.20. The van der Waals surface area contributed by atoms with Crippen LogP contribution in [-0.4, -0.2) is 15.8 Å². The molecule has 0 bridgehead atoms. The molecule has 0 amide bonds. The van der Waals surface area contributed by atoms with E-state index >= 15 is 0 Å². The van der Waals surface area contributed by atoms with Crippen LogP contribution in [0, 0.1) is 0 Å². The van der Waals surface area contributed by atoms with E-state index in [1.807, 2.05) is 30.2 Å². The van der Waals surface area contributed by atoms with E-state index in [0.29, 0.717) is 5.92 Å². The lowest BCUT2D eigenvalue weighted by Gasteiger charge is -2.19. The lowest BCUT2D eigenvalue weighted by Crippen LogP contribution is -2.29. The van der Waals surface area contributed by atoms with Crippen LogP contribution in [0.5, 0.6) is 0 Å². The zero-order valence-electron chi connectivity index (χ0n) is 10.4. The van der Waals surface area contributed by atoms with Crippen LogP contribution >= 0.6 is 0 Å². The number of aromatic nitrogens is 2. The number of rotatable bonds is 4. The first-order valence-electron chi connectivity index (χ1n) is 5.95. The highest BCUT2D eigenvalue weighted by Crippen LogP contribution is 2.19. The lowest BCUT2D eigenvalue weighted by molar-refractivity contribution is 0.564. The molecule has 0 aliphatic rings. The van der Waals surface area contributed by atoms with Gasteiger partial charge in [0.25, 0.3) is 0 Å². The summed E-state index contributed by atoms with van der Waals surface area (Å²) in [5.41, 5.74) is 8.75. The summed E-state index contributed by atoms with van der Waals surface area (Å²) in [4.78, 5) is 0. The minimum atomic E-state index is 0.126. The largest absolute Gasteiger partial charge is 0.327 e. The molecule has 2 atom stereocenters. The van der Waals surface area contributed by atoms with E-state index in [1.54, 1.807) is 0 Å². The van der Waals surface area contributed by atoms with Crippen molar-refractivity contribution >= 4 is 0 Å². The first-order chi connectivity index (χ1) is 8.16. The van der Waals surface area contributed by atoms with Gasteiger partial charge in [0.15, 0.2) is 0 Å². The van der Waals surface area contributed by atoms with Gasteiger partial charge in [-0.05, 0) is 23.5 Å². The van der Waals surface area contributed by atoms with Gasteiger partial charge in [-0.1, -0.05) is 37.3 Å². The van der Waals surface area contributed by atoms with Crippen LogP contribution in [0.4, 0.5) is 0 Å². The Morgan fingerprint density at radius 3 is 2.59 bits per heavy atom. The maximum atomic E-state index is 6.25. The lowest BCUT2D eigenvalue weighted by atomic mass is 9.90. The normalized spacial score (nSPS) is 14.5. The summed E-state index contributed by atoms with van der Waals surface area (Å²) in [6, 6.07) is 10.5. The summed E-state index contributed by atoms with van der Waals surface area (Å²) in [5.74, 6) is 0.358. The Kier molecular flexibility index (Phi) is 3.59. The maximum Gasteiger partial charge on any atom is 0.0522 e. The van der Waals surface area contributed by atoms with Crippen molar-refractivity contribution in [2.24, 2.45) is 12.8 Å². The second kappa shape index (κ2) is 5.15. The number of nitrogens with two attached hydrogens (primary N) is 1. The molecule has 0 aliphatic heterocycles. The summed E-state index contributed by atoms with van der Waals surface area (Å²) < 4.78 is 1.81. The molecule has 0 saturated heterocycles. The number of nitrogens with zero attached hydrogens (tertiary/aromatic N) is 2. The Morgan fingerprint density at radius 2 is 2.00 bits per heavy atom. The molecule has 2 unspecified atom stereocenters. The van der Waals surface area contributed by atoms with E-state index in [1.165, 1.54) is 11.1 Å². The summed E-state index contributed by atoms with van der Waals surface area (Å²) in [6.45, 7) is 2.18. The first-order valence-corrected chi connectivity index (χ1v) is 5.95. The molecule has 0 aliphatic carbocycles. The topological polar surface area (TPSA) is 43.8 Å². The standard InChI is InChI=1S/C14H19N3/c1-11(13-6-4-3-5-7-13)14(15)8-12-9-16-17(2)10-12/h3-7,9-11,14H,8,15H2,1-2H3. The highest BCUT2D eigenvalue weighted by molar-refractivity contribution is 5.21. The fraction of sp³-hybridized carbons (Fsp3) is 0.357. The molecule has 3 heteroatoms.